The summed E-state index contributed by atoms with van der Waals surface area (Å²) in [5.41, 5.74) is 19.5. The van der Waals surface area contributed by atoms with E-state index < -0.39 is 5.43 Å². The molecule has 1 amide bonds. The van der Waals surface area contributed by atoms with Crippen LogP contribution in [0.2, 0.25) is 0 Å². The third-order valence-electron chi connectivity index (χ3n) is 21.6. The van der Waals surface area contributed by atoms with Crippen molar-refractivity contribution in [2.45, 2.75) is 223 Å². The Morgan fingerprint density at radius 2 is 1.03 bits per heavy atom. The Morgan fingerprint density at radius 3 is 1.42 bits per heavy atom. The Hall–Kier alpha value is -1.61. The molecule has 8 aliphatic rings. The Morgan fingerprint density at radius 1 is 0.594 bits per heavy atom. The molecule has 6 saturated carbocycles. The predicted octanol–water partition coefficient (Wildman–Crippen LogP) is 14.8. The summed E-state index contributed by atoms with van der Waals surface area (Å²) in [5.74, 6) is 10.4. The molecule has 8 aliphatic carbocycles. The van der Waals surface area contributed by atoms with Gasteiger partial charge < -0.3 is 32.0 Å². The number of fused-ring (bicyclic) bond motifs is 10. The number of hydrogen-bond donors (Lipinski definition) is 4. The number of halogens is 1. The zero-order valence-corrected chi connectivity index (χ0v) is 46.6. The van der Waals surface area contributed by atoms with E-state index in [1.807, 2.05) is 0 Å². The monoisotopic (exact) mass is 981 g/mol. The lowest BCUT2D eigenvalue weighted by Gasteiger charge is -2.58. The lowest BCUT2D eigenvalue weighted by atomic mass is 9.47. The van der Waals surface area contributed by atoms with E-state index in [9.17, 15) is 9.59 Å². The van der Waals surface area contributed by atoms with Crippen molar-refractivity contribution in [1.29, 1.82) is 0 Å². The highest BCUT2D eigenvalue weighted by atomic mass is 35.5. The van der Waals surface area contributed by atoms with Gasteiger partial charge in [0.2, 0.25) is 0 Å². The minimum absolute atomic E-state index is 0.0164. The number of nitrogens with one attached hydrogen (secondary N) is 1. The highest BCUT2D eigenvalue weighted by Crippen LogP contribution is 2.69. The van der Waals surface area contributed by atoms with Gasteiger partial charge >= 0.3 is 11.5 Å². The molecule has 0 aromatic heterocycles. The molecule has 9 heteroatoms. The van der Waals surface area contributed by atoms with Gasteiger partial charge in [0.1, 0.15) is 12.2 Å². The fourth-order valence-electron chi connectivity index (χ4n) is 18.0. The first kappa shape index (κ1) is 56.7. The normalized spacial score (nSPS) is 39.5. The molecule has 16 atom stereocenters. The first-order valence-electron chi connectivity index (χ1n) is 29.0. The number of ether oxygens (including phenoxy) is 2. The molecular formula is C60H105ClN4O4. The Bertz CT molecular complexity index is 1730. The average Bonchev–Trinajstić information content (AvgIpc) is 3.85. The molecule has 0 heterocycles. The summed E-state index contributed by atoms with van der Waals surface area (Å²) >= 11 is 5.51. The van der Waals surface area contributed by atoms with Crippen molar-refractivity contribution in [2.75, 3.05) is 26.2 Å². The van der Waals surface area contributed by atoms with E-state index in [0.717, 1.165) is 110 Å². The SMILES string of the molecule is CC(C)CCC[C@@H](C)[C@H]1CC[C@H]2C3CC=C4C[C@@H](OC(=O)Cl)CC[C@]4(C)[C@H]3CC[C@]12C.CC(C)CCC[C@@H](C)[C@H]1CC[C@H]2C3CC=C4C[C@@H](OC(=O)NCCN)CC[C@]4(C)[C@H]3CC[C@]12C.NCCN. The Balaban J connectivity index is 0.000000211. The number of allylic oxidation sites excluding steroid dienone is 2. The highest BCUT2D eigenvalue weighted by molar-refractivity contribution is 6.61. The molecule has 0 aromatic rings. The van der Waals surface area contributed by atoms with Crippen molar-refractivity contribution < 1.29 is 19.1 Å². The molecule has 0 aliphatic heterocycles. The molecule has 8 nitrogen and oxygen atoms in total. The van der Waals surface area contributed by atoms with E-state index in [-0.39, 0.29) is 18.3 Å². The molecule has 69 heavy (non-hydrogen) atoms. The number of rotatable bonds is 15. The maximum atomic E-state index is 12.1. The summed E-state index contributed by atoms with van der Waals surface area (Å²) in [6, 6.07) is 0. The van der Waals surface area contributed by atoms with E-state index in [1.165, 1.54) is 103 Å². The van der Waals surface area contributed by atoms with E-state index in [2.05, 4.69) is 86.7 Å². The van der Waals surface area contributed by atoms with Crippen LogP contribution in [0.25, 0.3) is 0 Å². The van der Waals surface area contributed by atoms with Crippen molar-refractivity contribution in [3.8, 4) is 0 Å². The first-order valence-corrected chi connectivity index (χ1v) is 29.4. The van der Waals surface area contributed by atoms with Crippen molar-refractivity contribution in [3.63, 3.8) is 0 Å². The summed E-state index contributed by atoms with van der Waals surface area (Å²) in [6.45, 7) is 27.1. The van der Waals surface area contributed by atoms with Crippen LogP contribution in [0.4, 0.5) is 9.59 Å². The largest absolute Gasteiger partial charge is 0.450 e. The van der Waals surface area contributed by atoms with Crippen molar-refractivity contribution in [3.05, 3.63) is 23.3 Å². The van der Waals surface area contributed by atoms with E-state index in [0.29, 0.717) is 47.8 Å². The topological polar surface area (TPSA) is 143 Å². The fraction of sp³-hybridized carbons (Fsp3) is 0.900. The van der Waals surface area contributed by atoms with Gasteiger partial charge in [0.05, 0.1) is 0 Å². The number of hydrogen-bond acceptors (Lipinski definition) is 7. The first-order chi connectivity index (χ1) is 32.7. The van der Waals surface area contributed by atoms with Crippen LogP contribution < -0.4 is 22.5 Å². The lowest BCUT2D eigenvalue weighted by Crippen LogP contribution is -2.51. The van der Waals surface area contributed by atoms with Crippen molar-refractivity contribution in [1.82, 2.24) is 5.32 Å². The van der Waals surface area contributed by atoms with Crippen LogP contribution in [0.15, 0.2) is 23.3 Å². The lowest BCUT2D eigenvalue weighted by molar-refractivity contribution is -0.0581. The maximum Gasteiger partial charge on any atom is 0.407 e. The summed E-state index contributed by atoms with van der Waals surface area (Å²) < 4.78 is 11.1. The summed E-state index contributed by atoms with van der Waals surface area (Å²) in [6.07, 6.45) is 33.2. The number of alkyl carbamates (subject to hydrolysis) is 1. The van der Waals surface area contributed by atoms with Crippen LogP contribution in [0.1, 0.15) is 210 Å². The number of amides is 1. The van der Waals surface area contributed by atoms with Gasteiger partial charge in [-0.2, -0.15) is 0 Å². The van der Waals surface area contributed by atoms with Crippen molar-refractivity contribution >= 4 is 23.1 Å². The summed E-state index contributed by atoms with van der Waals surface area (Å²) in [4.78, 5) is 23.3. The smallest absolute Gasteiger partial charge is 0.407 e. The van der Waals surface area contributed by atoms with Crippen LogP contribution in [-0.2, 0) is 9.47 Å². The Kier molecular flexibility index (Phi) is 20.2. The van der Waals surface area contributed by atoms with Crippen molar-refractivity contribution in [2.24, 2.45) is 110 Å². The van der Waals surface area contributed by atoms with Gasteiger partial charge in [-0.1, -0.05) is 131 Å². The predicted molar refractivity (Wildman–Crippen MR) is 288 cm³/mol. The minimum Gasteiger partial charge on any atom is -0.450 e. The van der Waals surface area contributed by atoms with Gasteiger partial charge in [0.15, 0.2) is 0 Å². The molecule has 0 spiro atoms. The molecule has 0 aromatic carbocycles. The van der Waals surface area contributed by atoms with Gasteiger partial charge in [-0.05, 0) is 183 Å². The fourth-order valence-corrected chi connectivity index (χ4v) is 18.1. The second kappa shape index (κ2) is 24.6. The second-order valence-corrected chi connectivity index (χ2v) is 26.7. The van der Waals surface area contributed by atoms with Crippen LogP contribution in [0.5, 0.6) is 0 Å². The average molecular weight is 982 g/mol. The molecule has 6 fully saturated rings. The standard InChI is InChI=1S/C30H52N2O2.C28H45ClO2.C2H8N2/c1-20(2)7-6-8-21(3)25-11-12-26-24-10-9-22-19-23(34-28(33)32-18-17-31)13-15-29(22,4)27(24)14-16-30(25,26)5;1-18(2)7-6-8-19(3)23-11-12-24-22-10-9-20-17-21(31-26(29)30)13-15-27(20,4)25(22)14-16-28(23,24)5;3-1-2-4/h9,20-21,23-27H,6-8,10-19,31H2,1-5H3,(H,32,33);9,18-19,21-25H,6-8,10-17H2,1-5H3;1-4H2/t21-,23+,24?,25-,26+,27+,29+,30-;19-,21+,22?,23-,24+,25+,27+,28-;/m11./s1. The van der Waals surface area contributed by atoms with E-state index in [1.54, 1.807) is 11.1 Å². The summed E-state index contributed by atoms with van der Waals surface area (Å²) in [5, 5.41) is 2.76. The van der Waals surface area contributed by atoms with Gasteiger partial charge in [-0.25, -0.2) is 9.59 Å². The molecule has 396 valence electrons. The molecule has 8 rings (SSSR count). The minimum atomic E-state index is -0.643. The van der Waals surface area contributed by atoms with Gasteiger partial charge in [-0.15, -0.1) is 0 Å². The highest BCUT2D eigenvalue weighted by Gasteiger charge is 2.61. The van der Waals surface area contributed by atoms with Gasteiger partial charge in [0.25, 0.3) is 0 Å². The van der Waals surface area contributed by atoms with E-state index in [4.69, 9.17) is 38.3 Å². The molecular weight excluding hydrogens is 876 g/mol. The van der Waals surface area contributed by atoms with Crippen LogP contribution in [0.3, 0.4) is 0 Å². The molecule has 2 unspecified atom stereocenters. The molecule has 0 saturated heterocycles. The van der Waals surface area contributed by atoms with Crippen LogP contribution in [0, 0.1) is 92.7 Å². The summed E-state index contributed by atoms with van der Waals surface area (Å²) in [7, 11) is 0. The van der Waals surface area contributed by atoms with Gasteiger partial charge in [-0.3, -0.25) is 0 Å². The number of nitrogens with two attached hydrogens (primary N) is 3. The van der Waals surface area contributed by atoms with E-state index >= 15 is 0 Å². The number of carbonyl (C=O) groups excluding carboxylic acids is 2. The quantitative estimate of drug-likeness (QED) is 0.0945. The number of carbonyl (C=O) groups is 2. The van der Waals surface area contributed by atoms with Crippen LogP contribution >= 0.6 is 11.6 Å². The zero-order valence-electron chi connectivity index (χ0n) is 45.9. The molecule has 0 bridgehead atoms. The maximum absolute atomic E-state index is 12.1. The van der Waals surface area contributed by atoms with Crippen LogP contribution in [-0.4, -0.2) is 49.9 Å². The molecule has 0 radical (unpaired) electrons. The zero-order chi connectivity index (χ0) is 50.3. The molecule has 7 N–H and O–H groups in total. The Labute approximate surface area is 427 Å². The third kappa shape index (κ3) is 12.7. The second-order valence-electron chi connectivity index (χ2n) is 26.4. The van der Waals surface area contributed by atoms with Gasteiger partial charge in [0, 0.05) is 50.6 Å². The third-order valence-corrected chi connectivity index (χ3v) is 21.7.